The highest BCUT2D eigenvalue weighted by atomic mass is 35.5. The number of hydrogen-bond acceptors (Lipinski definition) is 25. The molecule has 0 amide bonds. The number of nitrogens with zero attached hydrogens (tertiary/aromatic N) is 13. The molecule has 424 valence electrons. The van der Waals surface area contributed by atoms with Gasteiger partial charge >= 0.3 is 0 Å². The summed E-state index contributed by atoms with van der Waals surface area (Å²) in [7, 11) is 14.5. The maximum atomic E-state index is 6.05. The van der Waals surface area contributed by atoms with Crippen molar-refractivity contribution in [2.24, 2.45) is 0 Å². The predicted molar refractivity (Wildman–Crippen MR) is 311 cm³/mol. The molecule has 5 aromatic carbocycles. The molecule has 0 atom stereocenters. The molecule has 0 bridgehead atoms. The summed E-state index contributed by atoms with van der Waals surface area (Å²) in [6.07, 6.45) is 5.36. The minimum Gasteiger partial charge on any atom is -0.493 e. The third kappa shape index (κ3) is 20.3. The van der Waals surface area contributed by atoms with E-state index < -0.39 is 0 Å². The second-order valence-corrected chi connectivity index (χ2v) is 16.8. The number of nitrogen functional groups attached to an aromatic ring is 1. The molecule has 0 unspecified atom stereocenters. The zero-order valence-electron chi connectivity index (χ0n) is 44.6. The molecule has 0 aliphatic heterocycles. The smallest absolute Gasteiger partial charge is 0.234 e. The Labute approximate surface area is 490 Å². The van der Waals surface area contributed by atoms with Gasteiger partial charge in [0.15, 0.2) is 46.0 Å². The predicted octanol–water partition coefficient (Wildman–Crippen LogP) is 11.1. The van der Waals surface area contributed by atoms with E-state index in [4.69, 9.17) is 102 Å². The number of nitrogens with two attached hydrogens (primary N) is 1. The van der Waals surface area contributed by atoms with Gasteiger partial charge in [-0.3, -0.25) is 0 Å². The van der Waals surface area contributed by atoms with Crippen LogP contribution in [0.15, 0.2) is 122 Å². The zero-order valence-corrected chi connectivity index (χ0v) is 48.4. The highest BCUT2D eigenvalue weighted by molar-refractivity contribution is 6.31. The summed E-state index contributed by atoms with van der Waals surface area (Å²) in [6.45, 7) is 0. The van der Waals surface area contributed by atoms with Crippen molar-refractivity contribution >= 4 is 110 Å². The summed E-state index contributed by atoms with van der Waals surface area (Å²) >= 11 is 28.0. The summed E-state index contributed by atoms with van der Waals surface area (Å²) in [4.78, 5) is 48.3. The molecule has 4 heterocycles. The van der Waals surface area contributed by atoms with E-state index in [1.165, 1.54) is 25.3 Å². The number of halogens is 5. The maximum Gasteiger partial charge on any atom is 0.234 e. The summed E-state index contributed by atoms with van der Waals surface area (Å²) in [5.41, 5.74) is 9.35. The highest BCUT2D eigenvalue weighted by Gasteiger charge is 2.12. The molecule has 0 saturated heterocycles. The quantitative estimate of drug-likeness (QED) is 0.0654. The van der Waals surface area contributed by atoms with Crippen LogP contribution in [0, 0.1) is 0 Å². The zero-order chi connectivity index (χ0) is 58.7. The van der Waals surface area contributed by atoms with Crippen LogP contribution >= 0.6 is 58.0 Å². The number of hydrogen-bond donors (Lipinski definition) is 4. The van der Waals surface area contributed by atoms with Gasteiger partial charge in [0, 0.05) is 64.8 Å². The average molecular weight is 1210 g/mol. The number of methoxy groups -OCH3 is 8. The Kier molecular flexibility index (Phi) is 25.4. The van der Waals surface area contributed by atoms with Crippen LogP contribution in [0.25, 0.3) is 0 Å². The fourth-order valence-corrected chi connectivity index (χ4v) is 6.95. The topological polar surface area (TPSA) is 294 Å². The minimum absolute atomic E-state index is 0.116. The monoisotopic (exact) mass is 1210 g/mol. The molecule has 25 nitrogen and oxygen atoms in total. The summed E-state index contributed by atoms with van der Waals surface area (Å²) in [5.74, 6) is 6.77. The largest absolute Gasteiger partial charge is 0.493 e. The van der Waals surface area contributed by atoms with Gasteiger partial charge in [0.25, 0.3) is 0 Å². The number of rotatable bonds is 16. The molecule has 0 aliphatic carbocycles. The van der Waals surface area contributed by atoms with E-state index >= 15 is 0 Å². The van der Waals surface area contributed by atoms with Gasteiger partial charge in [0.2, 0.25) is 44.9 Å². The lowest BCUT2D eigenvalue weighted by molar-refractivity contribution is 0.355. The molecule has 5 N–H and O–H groups in total. The van der Waals surface area contributed by atoms with Crippen molar-refractivity contribution in [2.75, 3.05) is 90.5 Å². The average Bonchev–Trinajstić information content (AvgIpc) is 3.47. The molecule has 0 fully saturated rings. The molecule has 9 rings (SSSR count). The van der Waals surface area contributed by atoms with E-state index in [1.54, 1.807) is 105 Å². The van der Waals surface area contributed by atoms with Gasteiger partial charge in [0.1, 0.15) is 25.3 Å². The van der Waals surface area contributed by atoms with Crippen molar-refractivity contribution < 1.29 is 37.9 Å². The van der Waals surface area contributed by atoms with E-state index in [0.29, 0.717) is 80.5 Å². The van der Waals surface area contributed by atoms with Crippen molar-refractivity contribution in [1.82, 2.24) is 59.8 Å². The fourth-order valence-electron chi connectivity index (χ4n) is 6.22. The molecular formula is C51H52Cl5N17O8. The van der Waals surface area contributed by atoms with Crippen LogP contribution in [0.4, 0.5) is 52.2 Å². The van der Waals surface area contributed by atoms with Gasteiger partial charge in [0.05, 0.1) is 56.9 Å². The van der Waals surface area contributed by atoms with Crippen LogP contribution in [-0.2, 0) is 0 Å². The van der Waals surface area contributed by atoms with Gasteiger partial charge in [-0.2, -0.15) is 19.9 Å². The molecule has 0 radical (unpaired) electrons. The van der Waals surface area contributed by atoms with Crippen molar-refractivity contribution in [3.8, 4) is 46.0 Å². The van der Waals surface area contributed by atoms with Crippen molar-refractivity contribution in [2.45, 2.75) is 0 Å². The first kappa shape index (κ1) is 62.8. The van der Waals surface area contributed by atoms with Gasteiger partial charge in [-0.15, -0.1) is 0 Å². The Morgan fingerprint density at radius 2 is 0.716 bits per heavy atom. The third-order valence-corrected chi connectivity index (χ3v) is 10.9. The first-order valence-electron chi connectivity index (χ1n) is 22.9. The Hall–Kier alpha value is -9.01. The molecular weight excluding hydrogens is 1160 g/mol. The first-order valence-corrected chi connectivity index (χ1v) is 24.8. The van der Waals surface area contributed by atoms with Gasteiger partial charge in [-0.25, -0.2) is 39.9 Å². The summed E-state index contributed by atoms with van der Waals surface area (Å²) < 4.78 is 41.2. The molecule has 0 aliphatic rings. The molecule has 81 heavy (non-hydrogen) atoms. The number of anilines is 9. The molecule has 9 aromatic rings. The second-order valence-electron chi connectivity index (χ2n) is 15.0. The lowest BCUT2D eigenvalue weighted by Crippen LogP contribution is -2.14. The van der Waals surface area contributed by atoms with Crippen molar-refractivity contribution in [1.29, 1.82) is 0 Å². The third-order valence-electron chi connectivity index (χ3n) is 9.98. The van der Waals surface area contributed by atoms with Crippen LogP contribution < -0.4 is 64.5 Å². The van der Waals surface area contributed by atoms with Crippen LogP contribution in [-0.4, -0.2) is 124 Å². The summed E-state index contributed by atoms with van der Waals surface area (Å²) in [5, 5.41) is 10.3. The highest BCUT2D eigenvalue weighted by Crippen LogP contribution is 2.34. The number of aromatic nitrogens is 12. The molecule has 0 saturated carbocycles. The number of ether oxygens (including phenoxy) is 8. The fraction of sp³-hybridized carbons (Fsp3) is 0.176. The van der Waals surface area contributed by atoms with Crippen molar-refractivity contribution in [3.05, 3.63) is 149 Å². The molecule has 0 spiro atoms. The Morgan fingerprint density at radius 1 is 0.370 bits per heavy atom. The van der Waals surface area contributed by atoms with E-state index in [-0.39, 0.29) is 21.1 Å². The van der Waals surface area contributed by atoms with Gasteiger partial charge < -0.3 is 64.5 Å². The minimum atomic E-state index is 0.116. The van der Waals surface area contributed by atoms with Crippen LogP contribution in [0.2, 0.25) is 26.2 Å². The van der Waals surface area contributed by atoms with Crippen LogP contribution in [0.5, 0.6) is 46.0 Å². The molecule has 30 heteroatoms. The van der Waals surface area contributed by atoms with Crippen LogP contribution in [0.3, 0.4) is 0 Å². The Morgan fingerprint density at radius 3 is 1.07 bits per heavy atom. The molecule has 4 aromatic heterocycles. The van der Waals surface area contributed by atoms with E-state index in [2.05, 4.69) is 75.8 Å². The second kappa shape index (κ2) is 32.8. The summed E-state index contributed by atoms with van der Waals surface area (Å²) in [6, 6.07) is 28.9. The Bertz CT molecular complexity index is 3310. The van der Waals surface area contributed by atoms with Crippen LogP contribution in [0.1, 0.15) is 0 Å². The number of benzene rings is 5. The normalized spacial score (nSPS) is 9.90. The SMILES string of the molecule is COc1ccc(N)cc1OC.COc1ccc(Nc2ncnc(Cl)n2)cc1OC.COc1ccc(Nc2ncnc(Cl)n2)cc1OC.COc1ccc(Nc2ncnc(N(C)c3cccc(Cl)c3)n2)cc1OC.Clc1ncnc(Cl)n1. The van der Waals surface area contributed by atoms with Gasteiger partial charge in [-0.05, 0) is 113 Å². The number of nitrogens with one attached hydrogen (secondary N) is 3. The standard InChI is InChI=1S/C18H18ClN5O2.2C11H11ClN4O2.C8H11NO2.C3HCl2N3/c1-24(14-6-4-5-12(19)9-14)18-21-11-20-17(23-18)22-13-7-8-15(25-2)16(10-13)26-3;2*1-17-8-4-3-7(5-9(8)18-2)15-11-14-6-13-10(12)16-11;1-10-7-4-3-6(9)5-8(7)11-2;4-2-6-1-7-3(5)8-2/h4-11H,1-3H3,(H,20,21,22,23);2*3-6H,1-2H3,(H,13,14,15,16);3-5H,9H2,1-2H3;1H. The van der Waals surface area contributed by atoms with Gasteiger partial charge in [-0.1, -0.05) is 17.7 Å². The van der Waals surface area contributed by atoms with E-state index in [0.717, 1.165) is 22.7 Å². The lowest BCUT2D eigenvalue weighted by Gasteiger charge is -2.17. The van der Waals surface area contributed by atoms with E-state index in [1.807, 2.05) is 60.5 Å². The first-order chi connectivity index (χ1) is 39.1. The maximum absolute atomic E-state index is 6.05. The Balaban J connectivity index is 0.000000195. The lowest BCUT2D eigenvalue weighted by atomic mass is 10.3. The van der Waals surface area contributed by atoms with Crippen molar-refractivity contribution in [3.63, 3.8) is 0 Å². The van der Waals surface area contributed by atoms with E-state index in [9.17, 15) is 0 Å².